The number of aliphatic imine (C=N–C) groups is 1. The lowest BCUT2D eigenvalue weighted by Gasteiger charge is -2.10. The van der Waals surface area contributed by atoms with Crippen LogP contribution >= 0.6 is 15.9 Å². The monoisotopic (exact) mass is 403 g/mol. The number of imidazole rings is 1. The highest BCUT2D eigenvalue weighted by molar-refractivity contribution is 9.10. The number of nitrogens with zero attached hydrogens (tertiary/aromatic N) is 3. The lowest BCUT2D eigenvalue weighted by atomic mass is 10.1. The highest BCUT2D eigenvalue weighted by atomic mass is 79.9. The smallest absolute Gasteiger partial charge is 0.191 e. The average Bonchev–Trinajstić information content (AvgIpc) is 3.01. The summed E-state index contributed by atoms with van der Waals surface area (Å²) in [5, 5.41) is 6.50. The Morgan fingerprint density at radius 2 is 1.96 bits per heavy atom. The minimum Gasteiger partial charge on any atom is -0.356 e. The molecule has 3 rings (SSSR count). The minimum absolute atomic E-state index is 0.214. The van der Waals surface area contributed by atoms with Crippen molar-refractivity contribution in [3.05, 3.63) is 70.3 Å². The second kappa shape index (κ2) is 8.11. The van der Waals surface area contributed by atoms with Crippen LogP contribution in [0.25, 0.3) is 5.65 Å². The van der Waals surface area contributed by atoms with E-state index in [1.54, 1.807) is 19.2 Å². The Bertz CT molecular complexity index is 873. The van der Waals surface area contributed by atoms with Crippen molar-refractivity contribution in [2.45, 2.75) is 13.0 Å². The molecule has 2 aromatic heterocycles. The molecule has 2 heterocycles. The molecule has 0 unspecified atom stereocenters. The van der Waals surface area contributed by atoms with Crippen LogP contribution in [0.3, 0.4) is 0 Å². The van der Waals surface area contributed by atoms with Crippen LogP contribution in [0, 0.1) is 5.82 Å². The predicted octanol–water partition coefficient (Wildman–Crippen LogP) is 3.14. The molecule has 0 spiro atoms. The number of halogens is 2. The van der Waals surface area contributed by atoms with Gasteiger partial charge in [-0.1, -0.05) is 12.1 Å². The van der Waals surface area contributed by atoms with Crippen molar-refractivity contribution >= 4 is 27.5 Å². The maximum absolute atomic E-state index is 12.9. The van der Waals surface area contributed by atoms with E-state index in [0.29, 0.717) is 19.0 Å². The maximum Gasteiger partial charge on any atom is 0.191 e. The molecule has 7 heteroatoms. The summed E-state index contributed by atoms with van der Waals surface area (Å²) in [5.41, 5.74) is 2.91. The molecule has 0 amide bonds. The van der Waals surface area contributed by atoms with E-state index >= 15 is 0 Å². The van der Waals surface area contributed by atoms with Crippen LogP contribution in [0.1, 0.15) is 11.3 Å². The van der Waals surface area contributed by atoms with Gasteiger partial charge in [-0.3, -0.25) is 4.99 Å². The van der Waals surface area contributed by atoms with E-state index in [9.17, 15) is 4.39 Å². The van der Waals surface area contributed by atoms with E-state index in [-0.39, 0.29) is 5.82 Å². The zero-order valence-corrected chi connectivity index (χ0v) is 15.4. The quantitative estimate of drug-likeness (QED) is 0.508. The third-order valence-electron chi connectivity index (χ3n) is 3.74. The summed E-state index contributed by atoms with van der Waals surface area (Å²) >= 11 is 3.45. The van der Waals surface area contributed by atoms with Crippen molar-refractivity contribution in [2.24, 2.45) is 4.99 Å². The lowest BCUT2D eigenvalue weighted by molar-refractivity contribution is 0.626. The Hall–Kier alpha value is -2.41. The molecule has 2 N–H and O–H groups in total. The second-order valence-corrected chi connectivity index (χ2v) is 6.49. The average molecular weight is 404 g/mol. The summed E-state index contributed by atoms with van der Waals surface area (Å²) in [5.74, 6) is 0.494. The fourth-order valence-electron chi connectivity index (χ4n) is 2.47. The molecule has 0 aliphatic rings. The Kier molecular flexibility index (Phi) is 5.65. The van der Waals surface area contributed by atoms with Crippen LogP contribution in [0.15, 0.2) is 58.3 Å². The van der Waals surface area contributed by atoms with Gasteiger partial charge in [0.25, 0.3) is 0 Å². The van der Waals surface area contributed by atoms with Crippen LogP contribution in [-0.4, -0.2) is 28.9 Å². The van der Waals surface area contributed by atoms with Gasteiger partial charge in [-0.05, 0) is 52.2 Å². The van der Waals surface area contributed by atoms with Crippen molar-refractivity contribution in [3.8, 4) is 0 Å². The molecule has 1 aromatic carbocycles. The number of pyridine rings is 1. The summed E-state index contributed by atoms with van der Waals surface area (Å²) in [7, 11) is 1.73. The van der Waals surface area contributed by atoms with E-state index in [4.69, 9.17) is 0 Å². The molecule has 0 atom stereocenters. The number of fused-ring (bicyclic) bond motifs is 1. The van der Waals surface area contributed by atoms with Gasteiger partial charge < -0.3 is 15.0 Å². The number of aromatic nitrogens is 2. The van der Waals surface area contributed by atoms with Crippen molar-refractivity contribution in [2.75, 3.05) is 13.6 Å². The van der Waals surface area contributed by atoms with E-state index < -0.39 is 0 Å². The van der Waals surface area contributed by atoms with Crippen LogP contribution in [0.2, 0.25) is 0 Å². The van der Waals surface area contributed by atoms with E-state index in [1.807, 2.05) is 28.9 Å². The minimum atomic E-state index is -0.214. The van der Waals surface area contributed by atoms with Gasteiger partial charge in [0.15, 0.2) is 5.96 Å². The number of guanidine groups is 1. The van der Waals surface area contributed by atoms with Crippen LogP contribution in [-0.2, 0) is 13.0 Å². The normalized spacial score (nSPS) is 11.7. The van der Waals surface area contributed by atoms with Gasteiger partial charge in [-0.25, -0.2) is 9.37 Å². The molecule has 3 aromatic rings. The fraction of sp³-hybridized carbons (Fsp3) is 0.222. The summed E-state index contributed by atoms with van der Waals surface area (Å²) in [6.07, 6.45) is 4.75. The third-order valence-corrected chi connectivity index (χ3v) is 4.21. The molecule has 0 aliphatic heterocycles. The summed E-state index contributed by atoms with van der Waals surface area (Å²) in [4.78, 5) is 8.77. The molecule has 0 bridgehead atoms. The summed E-state index contributed by atoms with van der Waals surface area (Å²) in [6.45, 7) is 1.29. The van der Waals surface area contributed by atoms with E-state index in [0.717, 1.165) is 27.8 Å². The number of hydrogen-bond acceptors (Lipinski definition) is 2. The molecule has 0 radical (unpaired) electrons. The van der Waals surface area contributed by atoms with Crippen molar-refractivity contribution in [1.82, 2.24) is 20.0 Å². The third kappa shape index (κ3) is 4.79. The van der Waals surface area contributed by atoms with E-state index in [2.05, 4.69) is 36.5 Å². The molecular weight excluding hydrogens is 385 g/mol. The first-order valence-electron chi connectivity index (χ1n) is 7.96. The van der Waals surface area contributed by atoms with Crippen molar-refractivity contribution in [1.29, 1.82) is 0 Å². The second-order valence-electron chi connectivity index (χ2n) is 5.57. The van der Waals surface area contributed by atoms with E-state index in [1.165, 1.54) is 12.1 Å². The Morgan fingerprint density at radius 3 is 2.72 bits per heavy atom. The van der Waals surface area contributed by atoms with Gasteiger partial charge in [0.1, 0.15) is 11.5 Å². The first-order chi connectivity index (χ1) is 12.1. The van der Waals surface area contributed by atoms with Gasteiger partial charge in [0.2, 0.25) is 0 Å². The molecule has 25 heavy (non-hydrogen) atoms. The van der Waals surface area contributed by atoms with Crippen molar-refractivity contribution in [3.63, 3.8) is 0 Å². The number of rotatable bonds is 5. The molecule has 0 fully saturated rings. The molecule has 5 nitrogen and oxygen atoms in total. The SMILES string of the molecule is CN=C(NCCc1ccc(F)cc1)NCc1cn2cc(Br)ccc2n1. The first-order valence-corrected chi connectivity index (χ1v) is 8.75. The number of nitrogens with one attached hydrogen (secondary N) is 2. The van der Waals surface area contributed by atoms with Crippen LogP contribution in [0.4, 0.5) is 4.39 Å². The summed E-state index contributed by atoms with van der Waals surface area (Å²) < 4.78 is 15.9. The largest absolute Gasteiger partial charge is 0.356 e. The number of hydrogen-bond donors (Lipinski definition) is 2. The topological polar surface area (TPSA) is 53.7 Å². The van der Waals surface area contributed by atoms with Gasteiger partial charge >= 0.3 is 0 Å². The van der Waals surface area contributed by atoms with Crippen molar-refractivity contribution < 1.29 is 4.39 Å². The maximum atomic E-state index is 12.9. The zero-order valence-electron chi connectivity index (χ0n) is 13.8. The fourth-order valence-corrected chi connectivity index (χ4v) is 2.83. The predicted molar refractivity (Wildman–Crippen MR) is 101 cm³/mol. The lowest BCUT2D eigenvalue weighted by Crippen LogP contribution is -2.37. The molecule has 130 valence electrons. The highest BCUT2D eigenvalue weighted by Gasteiger charge is 2.04. The Morgan fingerprint density at radius 1 is 1.16 bits per heavy atom. The first kappa shape index (κ1) is 17.4. The highest BCUT2D eigenvalue weighted by Crippen LogP contribution is 2.12. The molecule has 0 saturated heterocycles. The molecular formula is C18H19BrFN5. The van der Waals surface area contributed by atoms with Gasteiger partial charge in [-0.2, -0.15) is 0 Å². The summed E-state index contributed by atoms with van der Waals surface area (Å²) in [6, 6.07) is 10.5. The standard InChI is InChI=1S/C18H19BrFN5/c1-21-18(22-9-8-13-2-5-15(20)6-3-13)23-10-16-12-25-11-14(19)4-7-17(25)24-16/h2-7,11-12H,8-10H2,1H3,(H2,21,22,23). The van der Waals surface area contributed by atoms with Gasteiger partial charge in [0, 0.05) is 30.5 Å². The van der Waals surface area contributed by atoms with Gasteiger partial charge in [-0.15, -0.1) is 0 Å². The molecule has 0 aliphatic carbocycles. The molecule has 0 saturated carbocycles. The van der Waals surface area contributed by atoms with Crippen LogP contribution < -0.4 is 10.6 Å². The Labute approximate surface area is 154 Å². The Balaban J connectivity index is 1.50. The number of benzene rings is 1. The zero-order chi connectivity index (χ0) is 17.6. The van der Waals surface area contributed by atoms with Crippen LogP contribution in [0.5, 0.6) is 0 Å². The van der Waals surface area contributed by atoms with Gasteiger partial charge in [0.05, 0.1) is 12.2 Å².